The van der Waals surface area contributed by atoms with E-state index in [1.807, 2.05) is 60.7 Å². The topological polar surface area (TPSA) is 55.1 Å². The average Bonchev–Trinajstić information content (AvgIpc) is 3.01. The highest BCUT2D eigenvalue weighted by atomic mass is 16.4. The second-order valence-corrected chi connectivity index (χ2v) is 4.84. The first-order chi connectivity index (χ1) is 10.9. The third-order valence-electron chi connectivity index (χ3n) is 3.32. The number of benzene rings is 2. The van der Waals surface area contributed by atoms with Crippen LogP contribution in [-0.4, -0.2) is 17.9 Å². The van der Waals surface area contributed by atoms with Crippen molar-refractivity contribution in [2.24, 2.45) is 0 Å². The lowest BCUT2D eigenvalue weighted by molar-refractivity contribution is -0.109. The Kier molecular flexibility index (Phi) is 4.30. The second-order valence-electron chi connectivity index (χ2n) is 4.84. The highest BCUT2D eigenvalue weighted by molar-refractivity contribution is 5.76. The van der Waals surface area contributed by atoms with Crippen LogP contribution in [0, 0.1) is 0 Å². The molecule has 0 radical (unpaired) electrons. The normalized spacial score (nSPS) is 10.4. The zero-order chi connectivity index (χ0) is 15.2. The van der Waals surface area contributed by atoms with Crippen molar-refractivity contribution in [1.29, 1.82) is 0 Å². The summed E-state index contributed by atoms with van der Waals surface area (Å²) < 4.78 is 5.93. The number of nitrogens with zero attached hydrogens (tertiary/aromatic N) is 1. The van der Waals surface area contributed by atoms with E-state index in [0.717, 1.165) is 22.6 Å². The van der Waals surface area contributed by atoms with Crippen LogP contribution >= 0.6 is 0 Å². The summed E-state index contributed by atoms with van der Waals surface area (Å²) in [6.07, 6.45) is 1.24. The summed E-state index contributed by atoms with van der Waals surface area (Å²) in [4.78, 5) is 15.0. The maximum Gasteiger partial charge on any atom is 0.207 e. The highest BCUT2D eigenvalue weighted by Crippen LogP contribution is 2.32. The van der Waals surface area contributed by atoms with E-state index < -0.39 is 0 Å². The van der Waals surface area contributed by atoms with Crippen LogP contribution in [0.5, 0.6) is 0 Å². The van der Waals surface area contributed by atoms with Crippen molar-refractivity contribution in [3.05, 3.63) is 66.6 Å². The van der Waals surface area contributed by atoms with Crippen molar-refractivity contribution in [2.45, 2.75) is 6.42 Å². The van der Waals surface area contributed by atoms with E-state index in [-0.39, 0.29) is 0 Å². The number of oxazole rings is 1. The summed E-state index contributed by atoms with van der Waals surface area (Å²) in [6, 6.07) is 19.9. The zero-order valence-electron chi connectivity index (χ0n) is 12.0. The van der Waals surface area contributed by atoms with Crippen molar-refractivity contribution in [3.8, 4) is 22.6 Å². The molecule has 1 heterocycles. The summed E-state index contributed by atoms with van der Waals surface area (Å²) in [5.41, 5.74) is 2.83. The lowest BCUT2D eigenvalue weighted by atomic mass is 10.1. The molecule has 0 aliphatic rings. The Balaban J connectivity index is 2.01. The number of rotatable bonds is 6. The molecule has 0 bridgehead atoms. The van der Waals surface area contributed by atoms with E-state index in [0.29, 0.717) is 25.3 Å². The van der Waals surface area contributed by atoms with Crippen LogP contribution < -0.4 is 5.32 Å². The van der Waals surface area contributed by atoms with E-state index in [9.17, 15) is 4.79 Å². The van der Waals surface area contributed by atoms with Crippen LogP contribution in [-0.2, 0) is 11.2 Å². The SMILES string of the molecule is O=CNCCc1nc(-c2ccccc2)c(-c2ccccc2)o1. The van der Waals surface area contributed by atoms with Crippen LogP contribution in [0.25, 0.3) is 22.6 Å². The van der Waals surface area contributed by atoms with Crippen molar-refractivity contribution in [1.82, 2.24) is 10.3 Å². The average molecular weight is 292 g/mol. The lowest BCUT2D eigenvalue weighted by Gasteiger charge is -2.00. The minimum atomic E-state index is 0.506. The van der Waals surface area contributed by atoms with Gasteiger partial charge in [-0.05, 0) is 0 Å². The van der Waals surface area contributed by atoms with Gasteiger partial charge in [0.1, 0.15) is 5.69 Å². The maximum absolute atomic E-state index is 10.3. The van der Waals surface area contributed by atoms with Crippen molar-refractivity contribution < 1.29 is 9.21 Å². The molecule has 0 aliphatic carbocycles. The predicted octanol–water partition coefficient (Wildman–Crippen LogP) is 3.30. The molecule has 1 amide bonds. The Bertz CT molecular complexity index is 679. The molecule has 1 N–H and O–H groups in total. The molecule has 0 saturated heterocycles. The number of carbonyl (C=O) groups excluding carboxylic acids is 1. The molecule has 0 fully saturated rings. The smallest absolute Gasteiger partial charge is 0.207 e. The fourth-order valence-corrected chi connectivity index (χ4v) is 2.29. The largest absolute Gasteiger partial charge is 0.440 e. The number of carbonyl (C=O) groups is 1. The van der Waals surface area contributed by atoms with Crippen LogP contribution in [0.3, 0.4) is 0 Å². The van der Waals surface area contributed by atoms with Gasteiger partial charge in [0.25, 0.3) is 0 Å². The van der Waals surface area contributed by atoms with E-state index in [1.165, 1.54) is 0 Å². The standard InChI is InChI=1S/C18H16N2O2/c21-13-19-12-11-16-20-17(14-7-3-1-4-8-14)18(22-16)15-9-5-2-6-10-15/h1-10,13H,11-12H2,(H,19,21). The molecule has 0 spiro atoms. The molecule has 0 aliphatic heterocycles. The highest BCUT2D eigenvalue weighted by Gasteiger charge is 2.16. The monoisotopic (exact) mass is 292 g/mol. The lowest BCUT2D eigenvalue weighted by Crippen LogP contribution is -2.14. The predicted molar refractivity (Wildman–Crippen MR) is 85.1 cm³/mol. The molecule has 1 aromatic heterocycles. The van der Waals surface area contributed by atoms with Gasteiger partial charge in [0.15, 0.2) is 11.7 Å². The molecule has 22 heavy (non-hydrogen) atoms. The summed E-state index contributed by atoms with van der Waals surface area (Å²) in [5.74, 6) is 1.37. The quantitative estimate of drug-likeness (QED) is 0.560. The van der Waals surface area contributed by atoms with E-state index in [1.54, 1.807) is 0 Å². The molecule has 3 rings (SSSR count). The van der Waals surface area contributed by atoms with Crippen LogP contribution in [0.1, 0.15) is 5.89 Å². The molecule has 0 atom stereocenters. The number of hydrogen-bond donors (Lipinski definition) is 1. The van der Waals surface area contributed by atoms with Crippen molar-refractivity contribution in [2.75, 3.05) is 6.54 Å². The number of aromatic nitrogens is 1. The van der Waals surface area contributed by atoms with Crippen LogP contribution in [0.15, 0.2) is 65.1 Å². The molecule has 4 heteroatoms. The summed E-state index contributed by atoms with van der Waals surface area (Å²) in [7, 11) is 0. The first kappa shape index (κ1) is 14.1. The first-order valence-electron chi connectivity index (χ1n) is 7.16. The number of nitrogens with one attached hydrogen (secondary N) is 1. The zero-order valence-corrected chi connectivity index (χ0v) is 12.0. The fraction of sp³-hybridized carbons (Fsp3) is 0.111. The molecular formula is C18H16N2O2. The third kappa shape index (κ3) is 3.06. The van der Waals surface area contributed by atoms with E-state index in [2.05, 4.69) is 10.3 Å². The summed E-state index contributed by atoms with van der Waals surface area (Å²) >= 11 is 0. The molecule has 0 unspecified atom stereocenters. The van der Waals surface area contributed by atoms with Crippen LogP contribution in [0.2, 0.25) is 0 Å². The third-order valence-corrected chi connectivity index (χ3v) is 3.32. The summed E-state index contributed by atoms with van der Waals surface area (Å²) in [6.45, 7) is 0.506. The van der Waals surface area contributed by atoms with Gasteiger partial charge < -0.3 is 9.73 Å². The minimum absolute atomic E-state index is 0.506. The van der Waals surface area contributed by atoms with Crippen LogP contribution in [0.4, 0.5) is 0 Å². The molecule has 110 valence electrons. The van der Waals surface area contributed by atoms with Crippen molar-refractivity contribution >= 4 is 6.41 Å². The fourth-order valence-electron chi connectivity index (χ4n) is 2.29. The Morgan fingerprint density at radius 3 is 2.23 bits per heavy atom. The second kappa shape index (κ2) is 6.72. The van der Waals surface area contributed by atoms with Gasteiger partial charge in [0.2, 0.25) is 6.41 Å². The van der Waals surface area contributed by atoms with Gasteiger partial charge in [-0.3, -0.25) is 4.79 Å². The minimum Gasteiger partial charge on any atom is -0.440 e. The van der Waals surface area contributed by atoms with Gasteiger partial charge in [-0.2, -0.15) is 0 Å². The molecule has 4 nitrogen and oxygen atoms in total. The van der Waals surface area contributed by atoms with Gasteiger partial charge >= 0.3 is 0 Å². The Labute approximate surface area is 128 Å². The molecule has 2 aromatic carbocycles. The van der Waals surface area contributed by atoms with Gasteiger partial charge in [0, 0.05) is 24.1 Å². The van der Waals surface area contributed by atoms with E-state index in [4.69, 9.17) is 4.42 Å². The summed E-state index contributed by atoms with van der Waals surface area (Å²) in [5, 5.41) is 2.62. The number of hydrogen-bond acceptors (Lipinski definition) is 3. The molecule has 3 aromatic rings. The van der Waals surface area contributed by atoms with Crippen molar-refractivity contribution in [3.63, 3.8) is 0 Å². The Morgan fingerprint density at radius 2 is 1.59 bits per heavy atom. The number of amides is 1. The Morgan fingerprint density at radius 1 is 0.955 bits per heavy atom. The van der Waals surface area contributed by atoms with Gasteiger partial charge in [-0.15, -0.1) is 0 Å². The van der Waals surface area contributed by atoms with Gasteiger partial charge in [0.05, 0.1) is 0 Å². The molecular weight excluding hydrogens is 276 g/mol. The molecule has 0 saturated carbocycles. The van der Waals surface area contributed by atoms with Gasteiger partial charge in [-0.25, -0.2) is 4.98 Å². The maximum atomic E-state index is 10.3. The first-order valence-corrected chi connectivity index (χ1v) is 7.16. The van der Waals surface area contributed by atoms with E-state index >= 15 is 0 Å². The Hall–Kier alpha value is -2.88. The van der Waals surface area contributed by atoms with Gasteiger partial charge in [-0.1, -0.05) is 60.7 Å².